The summed E-state index contributed by atoms with van der Waals surface area (Å²) in [5.74, 6) is 0.500. The summed E-state index contributed by atoms with van der Waals surface area (Å²) in [5.41, 5.74) is 0.194. The Morgan fingerprint density at radius 1 is 1.56 bits per heavy atom. The molecule has 5 nitrogen and oxygen atoms in total. The Kier molecular flexibility index (Phi) is 4.78. The third-order valence-corrected chi connectivity index (χ3v) is 2.89. The second-order valence-corrected chi connectivity index (χ2v) is 4.66. The molecule has 0 spiro atoms. The largest absolute Gasteiger partial charge is 0.478 e. The van der Waals surface area contributed by atoms with E-state index in [0.29, 0.717) is 12.3 Å². The van der Waals surface area contributed by atoms with Crippen molar-refractivity contribution in [2.45, 2.75) is 25.8 Å². The molecule has 2 N–H and O–H groups in total. The molecule has 0 atom stereocenters. The van der Waals surface area contributed by atoms with Crippen molar-refractivity contribution < 1.29 is 19.1 Å². The lowest BCUT2D eigenvalue weighted by Gasteiger charge is -2.04. The van der Waals surface area contributed by atoms with Gasteiger partial charge in [0.15, 0.2) is 0 Å². The highest BCUT2D eigenvalue weighted by atomic mass is 16.5. The minimum absolute atomic E-state index is 0.194. The van der Waals surface area contributed by atoms with E-state index in [4.69, 9.17) is 14.3 Å². The first-order valence-corrected chi connectivity index (χ1v) is 6.35. The standard InChI is InChI=1S/C13H19NO4/c15-13(16)11-6-12(18-9-11)7-14-4-1-5-17-8-10-2-3-10/h6,9-10,14H,1-5,7-8H2,(H,15,16). The average molecular weight is 253 g/mol. The molecule has 1 aliphatic carbocycles. The van der Waals surface area contributed by atoms with Crippen molar-refractivity contribution in [2.75, 3.05) is 19.8 Å². The second-order valence-electron chi connectivity index (χ2n) is 4.66. The average Bonchev–Trinajstić information content (AvgIpc) is 3.04. The van der Waals surface area contributed by atoms with Gasteiger partial charge in [0.25, 0.3) is 0 Å². The van der Waals surface area contributed by atoms with Gasteiger partial charge in [-0.15, -0.1) is 0 Å². The van der Waals surface area contributed by atoms with Crippen LogP contribution >= 0.6 is 0 Å². The van der Waals surface area contributed by atoms with E-state index >= 15 is 0 Å². The third kappa shape index (κ3) is 4.50. The summed E-state index contributed by atoms with van der Waals surface area (Å²) in [4.78, 5) is 10.6. The van der Waals surface area contributed by atoms with Gasteiger partial charge in [0.2, 0.25) is 0 Å². The first kappa shape index (κ1) is 13.1. The Morgan fingerprint density at radius 3 is 3.06 bits per heavy atom. The zero-order valence-electron chi connectivity index (χ0n) is 10.4. The molecule has 100 valence electrons. The maximum absolute atomic E-state index is 10.6. The third-order valence-electron chi connectivity index (χ3n) is 2.89. The molecule has 0 saturated heterocycles. The van der Waals surface area contributed by atoms with Crippen molar-refractivity contribution in [3.05, 3.63) is 23.7 Å². The van der Waals surface area contributed by atoms with Crippen LogP contribution in [0.1, 0.15) is 35.4 Å². The predicted octanol–water partition coefficient (Wildman–Crippen LogP) is 1.88. The van der Waals surface area contributed by atoms with E-state index in [1.54, 1.807) is 6.07 Å². The fourth-order valence-corrected chi connectivity index (χ4v) is 1.63. The number of carbonyl (C=O) groups is 1. The van der Waals surface area contributed by atoms with Crippen LogP contribution in [0.2, 0.25) is 0 Å². The minimum atomic E-state index is -0.960. The summed E-state index contributed by atoms with van der Waals surface area (Å²) < 4.78 is 10.6. The van der Waals surface area contributed by atoms with Gasteiger partial charge in [0.1, 0.15) is 12.0 Å². The monoisotopic (exact) mass is 253 g/mol. The molecule has 1 aromatic heterocycles. The van der Waals surface area contributed by atoms with Crippen LogP contribution in [-0.2, 0) is 11.3 Å². The molecule has 5 heteroatoms. The maximum atomic E-state index is 10.6. The summed E-state index contributed by atoms with van der Waals surface area (Å²) in [7, 11) is 0. The van der Waals surface area contributed by atoms with Gasteiger partial charge in [-0.25, -0.2) is 4.79 Å². The summed E-state index contributed by atoms with van der Waals surface area (Å²) in [6, 6.07) is 1.54. The number of carboxylic acid groups (broad SMARTS) is 1. The molecule has 1 saturated carbocycles. The van der Waals surface area contributed by atoms with Crippen LogP contribution in [0.4, 0.5) is 0 Å². The van der Waals surface area contributed by atoms with E-state index in [1.807, 2.05) is 0 Å². The number of ether oxygens (including phenoxy) is 1. The molecule has 18 heavy (non-hydrogen) atoms. The normalized spacial score (nSPS) is 14.9. The van der Waals surface area contributed by atoms with E-state index in [2.05, 4.69) is 5.32 Å². The van der Waals surface area contributed by atoms with Gasteiger partial charge in [-0.2, -0.15) is 0 Å². The quantitative estimate of drug-likeness (QED) is 0.657. The highest BCUT2D eigenvalue weighted by Gasteiger charge is 2.20. The fourth-order valence-electron chi connectivity index (χ4n) is 1.63. The molecule has 0 amide bonds. The molecule has 1 fully saturated rings. The molecule has 0 radical (unpaired) electrons. The second kappa shape index (κ2) is 6.56. The van der Waals surface area contributed by atoms with Gasteiger partial charge in [-0.1, -0.05) is 0 Å². The van der Waals surface area contributed by atoms with Gasteiger partial charge in [0.05, 0.1) is 12.1 Å². The summed E-state index contributed by atoms with van der Waals surface area (Å²) in [5, 5.41) is 11.9. The number of carboxylic acids is 1. The Hall–Kier alpha value is -1.33. The highest BCUT2D eigenvalue weighted by Crippen LogP contribution is 2.28. The van der Waals surface area contributed by atoms with Gasteiger partial charge >= 0.3 is 5.97 Å². The fraction of sp³-hybridized carbons (Fsp3) is 0.615. The van der Waals surface area contributed by atoms with Crippen molar-refractivity contribution >= 4 is 5.97 Å². The highest BCUT2D eigenvalue weighted by molar-refractivity contribution is 5.87. The lowest BCUT2D eigenvalue weighted by atomic mass is 10.3. The van der Waals surface area contributed by atoms with E-state index in [0.717, 1.165) is 32.1 Å². The van der Waals surface area contributed by atoms with Crippen molar-refractivity contribution in [3.8, 4) is 0 Å². The van der Waals surface area contributed by atoms with Crippen LogP contribution in [0.15, 0.2) is 16.7 Å². The van der Waals surface area contributed by atoms with Gasteiger partial charge < -0.3 is 19.6 Å². The van der Waals surface area contributed by atoms with Crippen molar-refractivity contribution in [1.82, 2.24) is 5.32 Å². The van der Waals surface area contributed by atoms with Gasteiger partial charge in [-0.05, 0) is 37.8 Å². The SMILES string of the molecule is O=C(O)c1coc(CNCCCOCC2CC2)c1. The van der Waals surface area contributed by atoms with E-state index in [1.165, 1.54) is 19.1 Å². The molecular weight excluding hydrogens is 234 g/mol. The Balaban J connectivity index is 1.49. The maximum Gasteiger partial charge on any atom is 0.338 e. The summed E-state index contributed by atoms with van der Waals surface area (Å²) in [6.45, 7) is 3.08. The van der Waals surface area contributed by atoms with Crippen LogP contribution in [0.3, 0.4) is 0 Å². The molecule has 2 rings (SSSR count). The number of hydrogen-bond donors (Lipinski definition) is 2. The zero-order valence-corrected chi connectivity index (χ0v) is 10.4. The first-order chi connectivity index (χ1) is 8.75. The molecule has 0 aromatic carbocycles. The Bertz CT molecular complexity index is 384. The first-order valence-electron chi connectivity index (χ1n) is 6.35. The number of nitrogens with one attached hydrogen (secondary N) is 1. The van der Waals surface area contributed by atoms with Crippen LogP contribution in [0, 0.1) is 5.92 Å². The van der Waals surface area contributed by atoms with E-state index < -0.39 is 5.97 Å². The van der Waals surface area contributed by atoms with Crippen molar-refractivity contribution in [1.29, 1.82) is 0 Å². The van der Waals surface area contributed by atoms with Gasteiger partial charge in [0, 0.05) is 13.2 Å². The predicted molar refractivity (Wildman–Crippen MR) is 65.5 cm³/mol. The lowest BCUT2D eigenvalue weighted by Crippen LogP contribution is -2.16. The Morgan fingerprint density at radius 2 is 2.39 bits per heavy atom. The summed E-state index contributed by atoms with van der Waals surface area (Å²) >= 11 is 0. The van der Waals surface area contributed by atoms with Crippen LogP contribution in [0.25, 0.3) is 0 Å². The lowest BCUT2D eigenvalue weighted by molar-refractivity contribution is 0.0696. The van der Waals surface area contributed by atoms with Crippen molar-refractivity contribution in [3.63, 3.8) is 0 Å². The molecule has 1 aromatic rings. The molecule has 1 heterocycles. The number of rotatable bonds is 9. The molecule has 0 unspecified atom stereocenters. The number of furan rings is 1. The van der Waals surface area contributed by atoms with E-state index in [9.17, 15) is 4.79 Å². The molecule has 0 aliphatic heterocycles. The van der Waals surface area contributed by atoms with Crippen molar-refractivity contribution in [2.24, 2.45) is 5.92 Å². The summed E-state index contributed by atoms with van der Waals surface area (Å²) in [6.07, 6.45) is 4.86. The van der Waals surface area contributed by atoms with Crippen LogP contribution < -0.4 is 5.32 Å². The number of aromatic carboxylic acids is 1. The topological polar surface area (TPSA) is 71.7 Å². The smallest absolute Gasteiger partial charge is 0.338 e. The molecular formula is C13H19NO4. The Labute approximate surface area is 106 Å². The number of hydrogen-bond acceptors (Lipinski definition) is 4. The molecule has 0 bridgehead atoms. The zero-order chi connectivity index (χ0) is 12.8. The van der Waals surface area contributed by atoms with E-state index in [-0.39, 0.29) is 5.56 Å². The van der Waals surface area contributed by atoms with Crippen LogP contribution in [-0.4, -0.2) is 30.8 Å². The van der Waals surface area contributed by atoms with Crippen LogP contribution in [0.5, 0.6) is 0 Å². The van der Waals surface area contributed by atoms with Gasteiger partial charge in [-0.3, -0.25) is 0 Å². The molecule has 1 aliphatic rings. The minimum Gasteiger partial charge on any atom is -0.478 e.